The van der Waals surface area contributed by atoms with Gasteiger partial charge in [-0.15, -0.1) is 0 Å². The summed E-state index contributed by atoms with van der Waals surface area (Å²) in [5.74, 6) is 2.93. The van der Waals surface area contributed by atoms with Crippen molar-refractivity contribution >= 4 is 0 Å². The molecule has 0 aliphatic heterocycles. The average Bonchev–Trinajstić information content (AvgIpc) is 2.42. The summed E-state index contributed by atoms with van der Waals surface area (Å²) in [5, 5.41) is 3.42. The Kier molecular flexibility index (Phi) is 9.17. The van der Waals surface area contributed by atoms with Gasteiger partial charge in [0.15, 0.2) is 11.5 Å². The lowest BCUT2D eigenvalue weighted by Gasteiger charge is -2.15. The van der Waals surface area contributed by atoms with Crippen molar-refractivity contribution in [3.63, 3.8) is 0 Å². The van der Waals surface area contributed by atoms with Crippen LogP contribution in [-0.2, 0) is 6.54 Å². The molecule has 0 atom stereocenters. The third-order valence-corrected chi connectivity index (χ3v) is 3.00. The van der Waals surface area contributed by atoms with E-state index in [4.69, 9.17) is 14.2 Å². The zero-order valence-corrected chi connectivity index (χ0v) is 13.7. The molecule has 1 aromatic rings. The summed E-state index contributed by atoms with van der Waals surface area (Å²) in [7, 11) is 4.93. The van der Waals surface area contributed by atoms with Crippen LogP contribution in [0.4, 0.5) is 0 Å². The fraction of sp³-hybridized carbons (Fsp3) is 0.600. The van der Waals surface area contributed by atoms with Crippen LogP contribution in [0.15, 0.2) is 12.1 Å². The van der Waals surface area contributed by atoms with Gasteiger partial charge in [0.1, 0.15) is 5.75 Å². The predicted molar refractivity (Wildman–Crippen MR) is 77.3 cm³/mol. The van der Waals surface area contributed by atoms with Gasteiger partial charge in [0.05, 0.1) is 21.3 Å². The Balaban J connectivity index is 0.00000361. The molecule has 4 nitrogen and oxygen atoms in total. The van der Waals surface area contributed by atoms with Crippen molar-refractivity contribution in [3.8, 4) is 17.2 Å². The first-order chi connectivity index (χ1) is 9.12. The first-order valence-corrected chi connectivity index (χ1v) is 6.62. The molecule has 5 heteroatoms. The molecule has 0 bridgehead atoms. The maximum absolute atomic E-state index is 5.39. The van der Waals surface area contributed by atoms with Crippen molar-refractivity contribution in [2.75, 3.05) is 27.9 Å². The maximum atomic E-state index is 5.39. The van der Waals surface area contributed by atoms with Crippen molar-refractivity contribution in [3.05, 3.63) is 17.7 Å². The van der Waals surface area contributed by atoms with E-state index in [1.54, 1.807) is 21.3 Å². The van der Waals surface area contributed by atoms with Crippen LogP contribution in [0.25, 0.3) is 0 Å². The van der Waals surface area contributed by atoms with Crippen LogP contribution < -0.4 is 31.9 Å². The lowest BCUT2D eigenvalue weighted by Crippen LogP contribution is -3.00. The van der Waals surface area contributed by atoms with Gasteiger partial charge < -0.3 is 31.9 Å². The first kappa shape index (κ1) is 18.9. The number of methoxy groups -OCH3 is 3. The van der Waals surface area contributed by atoms with Crippen LogP contribution in [0, 0.1) is 5.92 Å². The number of rotatable bonds is 8. The number of benzene rings is 1. The van der Waals surface area contributed by atoms with Gasteiger partial charge in [-0.2, -0.15) is 0 Å². The molecule has 0 aliphatic rings. The first-order valence-electron chi connectivity index (χ1n) is 6.62. The average molecular weight is 303 g/mol. The quantitative estimate of drug-likeness (QED) is 0.678. The number of ether oxygens (including phenoxy) is 3. The second kappa shape index (κ2) is 9.72. The number of hydrogen-bond donors (Lipinski definition) is 1. The molecule has 0 amide bonds. The molecule has 1 N–H and O–H groups in total. The predicted octanol–water partition coefficient (Wildman–Crippen LogP) is -0.148. The highest BCUT2D eigenvalue weighted by molar-refractivity contribution is 5.50. The Bertz CT molecular complexity index is 397. The summed E-state index contributed by atoms with van der Waals surface area (Å²) < 4.78 is 16.0. The molecule has 0 saturated heterocycles. The zero-order valence-electron chi connectivity index (χ0n) is 13.0. The van der Waals surface area contributed by atoms with Crippen molar-refractivity contribution in [2.24, 2.45) is 5.92 Å². The summed E-state index contributed by atoms with van der Waals surface area (Å²) in [4.78, 5) is 0. The van der Waals surface area contributed by atoms with E-state index >= 15 is 0 Å². The fourth-order valence-corrected chi connectivity index (χ4v) is 1.84. The van der Waals surface area contributed by atoms with Crippen molar-refractivity contribution in [1.82, 2.24) is 5.32 Å². The van der Waals surface area contributed by atoms with Crippen LogP contribution in [0.5, 0.6) is 17.2 Å². The summed E-state index contributed by atoms with van der Waals surface area (Å²) >= 11 is 0. The lowest BCUT2D eigenvalue weighted by atomic mass is 10.1. The Morgan fingerprint density at radius 1 is 0.950 bits per heavy atom. The minimum Gasteiger partial charge on any atom is -1.00 e. The van der Waals surface area contributed by atoms with Gasteiger partial charge in [-0.25, -0.2) is 0 Å². The van der Waals surface area contributed by atoms with E-state index in [2.05, 4.69) is 19.2 Å². The number of hydrogen-bond acceptors (Lipinski definition) is 4. The summed E-state index contributed by atoms with van der Waals surface area (Å²) in [6, 6.07) is 3.82. The van der Waals surface area contributed by atoms with Crippen molar-refractivity contribution in [2.45, 2.75) is 26.8 Å². The Morgan fingerprint density at radius 3 is 2.00 bits per heavy atom. The largest absolute Gasteiger partial charge is 1.00 e. The fourth-order valence-electron chi connectivity index (χ4n) is 1.84. The van der Waals surface area contributed by atoms with E-state index in [9.17, 15) is 0 Å². The number of halogens is 1. The summed E-state index contributed by atoms with van der Waals surface area (Å²) in [5.41, 5.74) is 1.07. The van der Waals surface area contributed by atoms with Gasteiger partial charge in [-0.1, -0.05) is 13.8 Å². The van der Waals surface area contributed by atoms with Gasteiger partial charge in [-0.05, 0) is 24.9 Å². The molecule has 0 spiro atoms. The molecule has 1 rings (SSSR count). The second-order valence-corrected chi connectivity index (χ2v) is 4.88. The Hall–Kier alpha value is -1.13. The normalized spacial score (nSPS) is 10.1. The molecule has 0 radical (unpaired) electrons. The van der Waals surface area contributed by atoms with Crippen LogP contribution in [-0.4, -0.2) is 27.9 Å². The van der Waals surface area contributed by atoms with Gasteiger partial charge in [0.2, 0.25) is 0 Å². The van der Waals surface area contributed by atoms with Crippen molar-refractivity contribution in [1.29, 1.82) is 0 Å². The highest BCUT2D eigenvalue weighted by Gasteiger charge is 2.11. The van der Waals surface area contributed by atoms with Gasteiger partial charge in [-0.3, -0.25) is 0 Å². The van der Waals surface area contributed by atoms with Gasteiger partial charge >= 0.3 is 0 Å². The van der Waals surface area contributed by atoms with E-state index in [0.29, 0.717) is 11.7 Å². The second-order valence-electron chi connectivity index (χ2n) is 4.88. The van der Waals surface area contributed by atoms with E-state index in [-0.39, 0.29) is 12.4 Å². The van der Waals surface area contributed by atoms with E-state index in [1.165, 1.54) is 0 Å². The van der Waals surface area contributed by atoms with Crippen LogP contribution in [0.3, 0.4) is 0 Å². The smallest absolute Gasteiger partial charge is 0.164 e. The van der Waals surface area contributed by atoms with Gasteiger partial charge in [0, 0.05) is 18.2 Å². The van der Waals surface area contributed by atoms with Crippen LogP contribution in [0.1, 0.15) is 25.8 Å². The maximum Gasteiger partial charge on any atom is 0.164 e. The number of nitrogens with one attached hydrogen (secondary N) is 1. The zero-order chi connectivity index (χ0) is 14.3. The van der Waals surface area contributed by atoms with Crippen LogP contribution in [0.2, 0.25) is 0 Å². The molecule has 1 aromatic carbocycles. The topological polar surface area (TPSA) is 39.7 Å². The molecule has 0 aromatic heterocycles. The Labute approximate surface area is 128 Å². The molecule has 0 saturated carbocycles. The molecule has 0 unspecified atom stereocenters. The molecular formula is C15H25ClNO3-. The van der Waals surface area contributed by atoms with Crippen LogP contribution >= 0.6 is 0 Å². The van der Waals surface area contributed by atoms with E-state index in [0.717, 1.165) is 36.6 Å². The minimum atomic E-state index is 0. The molecule has 20 heavy (non-hydrogen) atoms. The molecule has 0 aliphatic carbocycles. The molecule has 0 fully saturated rings. The van der Waals surface area contributed by atoms with E-state index < -0.39 is 0 Å². The van der Waals surface area contributed by atoms with Gasteiger partial charge in [0.25, 0.3) is 0 Å². The highest BCUT2D eigenvalue weighted by atomic mass is 35.5. The highest BCUT2D eigenvalue weighted by Crippen LogP contribution is 2.34. The van der Waals surface area contributed by atoms with E-state index in [1.807, 2.05) is 12.1 Å². The third-order valence-electron chi connectivity index (χ3n) is 3.00. The minimum absolute atomic E-state index is 0. The summed E-state index contributed by atoms with van der Waals surface area (Å²) in [6.07, 6.45) is 1.16. The molecule has 116 valence electrons. The monoisotopic (exact) mass is 302 g/mol. The molecule has 0 heterocycles. The Morgan fingerprint density at radius 2 is 1.50 bits per heavy atom. The van der Waals surface area contributed by atoms with Crippen molar-refractivity contribution < 1.29 is 26.6 Å². The third kappa shape index (κ3) is 5.47. The standard InChI is InChI=1S/C15H25NO3.ClH/c1-11(2)6-7-16-10-12-8-14(18-4)15(19-5)9-13(12)17-3;/h8-9,11,16H,6-7,10H2,1-5H3;1H/p-1. The summed E-state index contributed by atoms with van der Waals surface area (Å²) in [6.45, 7) is 6.20. The lowest BCUT2D eigenvalue weighted by molar-refractivity contribution is -0.00000510. The SMILES string of the molecule is COc1cc(OC)c(OC)cc1CNCCC(C)C.[Cl-]. The molecular weight excluding hydrogens is 278 g/mol.